The Balaban J connectivity index is 1.69. The number of nitrogens with zero attached hydrogens (tertiary/aromatic N) is 2. The molecule has 2 heterocycles. The Morgan fingerprint density at radius 2 is 1.54 bits per heavy atom. The highest BCUT2D eigenvalue weighted by Gasteiger charge is 2.30. The van der Waals surface area contributed by atoms with Crippen molar-refractivity contribution in [2.75, 3.05) is 0 Å². The van der Waals surface area contributed by atoms with E-state index in [0.29, 0.717) is 6.20 Å². The maximum absolute atomic E-state index is 12.5. The van der Waals surface area contributed by atoms with Crippen LogP contribution >= 0.6 is 11.6 Å². The number of hydrogen-bond donors (Lipinski definition) is 0. The predicted molar refractivity (Wildman–Crippen MR) is 92.8 cm³/mol. The van der Waals surface area contributed by atoms with Gasteiger partial charge in [-0.05, 0) is 42.5 Å². The fourth-order valence-electron chi connectivity index (χ4n) is 1.98. The number of alkyl halides is 3. The molecule has 0 saturated heterocycles. The summed E-state index contributed by atoms with van der Waals surface area (Å²) >= 11 is 5.62. The standard InChI is InChI=1S/C17H10ClF3N2O4S/c18-15-7-6-14(10-22-15)28(24,25)27-13-4-2-12(3-5-13)26-16-8-1-11(9-23-16)17(19,20)21/h1-10H. The molecule has 0 aliphatic heterocycles. The van der Waals surface area contributed by atoms with E-state index in [1.165, 1.54) is 36.4 Å². The second-order valence-corrected chi connectivity index (χ2v) is 7.24. The Morgan fingerprint density at radius 1 is 0.857 bits per heavy atom. The van der Waals surface area contributed by atoms with Gasteiger partial charge in [0.25, 0.3) is 0 Å². The van der Waals surface area contributed by atoms with Gasteiger partial charge in [-0.2, -0.15) is 21.6 Å². The van der Waals surface area contributed by atoms with Gasteiger partial charge in [0.1, 0.15) is 21.5 Å². The fourth-order valence-corrected chi connectivity index (χ4v) is 2.97. The van der Waals surface area contributed by atoms with E-state index in [9.17, 15) is 21.6 Å². The number of aromatic nitrogens is 2. The summed E-state index contributed by atoms with van der Waals surface area (Å²) in [5.41, 5.74) is -0.898. The third-order valence-corrected chi connectivity index (χ3v) is 4.76. The molecule has 3 aromatic rings. The molecule has 0 aliphatic carbocycles. The summed E-state index contributed by atoms with van der Waals surface area (Å²) in [4.78, 5) is 7.09. The minimum absolute atomic E-state index is 0.00248. The molecule has 28 heavy (non-hydrogen) atoms. The van der Waals surface area contributed by atoms with E-state index in [2.05, 4.69) is 9.97 Å². The summed E-state index contributed by atoms with van der Waals surface area (Å²) in [6, 6.07) is 9.87. The van der Waals surface area contributed by atoms with Gasteiger partial charge in [0.05, 0.1) is 11.8 Å². The van der Waals surface area contributed by atoms with Crippen molar-refractivity contribution in [2.45, 2.75) is 11.1 Å². The number of rotatable bonds is 5. The van der Waals surface area contributed by atoms with Crippen molar-refractivity contribution >= 4 is 21.7 Å². The van der Waals surface area contributed by atoms with Crippen LogP contribution in [0.2, 0.25) is 5.15 Å². The first-order valence-electron chi connectivity index (χ1n) is 7.51. The van der Waals surface area contributed by atoms with Crippen molar-refractivity contribution in [3.05, 3.63) is 71.6 Å². The average molecular weight is 431 g/mol. The van der Waals surface area contributed by atoms with Crippen molar-refractivity contribution in [2.24, 2.45) is 0 Å². The molecule has 0 bridgehead atoms. The molecule has 146 valence electrons. The Kier molecular flexibility index (Phi) is 5.43. The van der Waals surface area contributed by atoms with Crippen LogP contribution in [-0.2, 0) is 16.3 Å². The number of pyridine rings is 2. The number of hydrogen-bond acceptors (Lipinski definition) is 6. The monoisotopic (exact) mass is 430 g/mol. The molecular formula is C17H10ClF3N2O4S. The smallest absolute Gasteiger partial charge is 0.417 e. The minimum atomic E-state index is -4.49. The molecule has 1 aromatic carbocycles. The molecule has 0 spiro atoms. The molecule has 0 unspecified atom stereocenters. The summed E-state index contributed by atoms with van der Waals surface area (Å²) in [6.45, 7) is 0. The maximum atomic E-state index is 12.5. The second kappa shape index (κ2) is 7.64. The highest BCUT2D eigenvalue weighted by atomic mass is 35.5. The van der Waals surface area contributed by atoms with E-state index in [4.69, 9.17) is 20.5 Å². The summed E-state index contributed by atoms with van der Waals surface area (Å²) in [5.74, 6) is 0.175. The van der Waals surface area contributed by atoms with Crippen LogP contribution in [0, 0.1) is 0 Å². The van der Waals surface area contributed by atoms with E-state index in [1.54, 1.807) is 0 Å². The van der Waals surface area contributed by atoms with Gasteiger partial charge in [-0.25, -0.2) is 9.97 Å². The molecule has 0 saturated carbocycles. The van der Waals surface area contributed by atoms with E-state index in [-0.39, 0.29) is 27.4 Å². The third kappa shape index (κ3) is 4.90. The Labute approximate surface area is 162 Å². The molecule has 0 aliphatic rings. The second-order valence-electron chi connectivity index (χ2n) is 5.31. The van der Waals surface area contributed by atoms with Gasteiger partial charge in [0, 0.05) is 12.3 Å². The lowest BCUT2D eigenvalue weighted by Gasteiger charge is -2.09. The SMILES string of the molecule is O=S(=O)(Oc1ccc(Oc2ccc(C(F)(F)F)cn2)cc1)c1ccc(Cl)nc1. The third-order valence-electron chi connectivity index (χ3n) is 3.30. The first-order chi connectivity index (χ1) is 13.1. The molecule has 0 amide bonds. The Morgan fingerprint density at radius 3 is 2.07 bits per heavy atom. The summed E-state index contributed by atoms with van der Waals surface area (Å²) in [5, 5.41) is 0.136. The van der Waals surface area contributed by atoms with Crippen LogP contribution in [0.25, 0.3) is 0 Å². The van der Waals surface area contributed by atoms with Crippen molar-refractivity contribution in [1.82, 2.24) is 9.97 Å². The van der Waals surface area contributed by atoms with Gasteiger partial charge < -0.3 is 8.92 Å². The van der Waals surface area contributed by atoms with Gasteiger partial charge in [0.2, 0.25) is 5.88 Å². The van der Waals surface area contributed by atoms with Crippen LogP contribution in [-0.4, -0.2) is 18.4 Å². The zero-order valence-electron chi connectivity index (χ0n) is 13.7. The number of ether oxygens (including phenoxy) is 1. The van der Waals surface area contributed by atoms with Crippen LogP contribution in [0.5, 0.6) is 17.4 Å². The van der Waals surface area contributed by atoms with Gasteiger partial charge in [0.15, 0.2) is 0 Å². The lowest BCUT2D eigenvalue weighted by Crippen LogP contribution is -2.09. The molecule has 3 rings (SSSR count). The average Bonchev–Trinajstić information content (AvgIpc) is 2.63. The van der Waals surface area contributed by atoms with Gasteiger partial charge in [-0.15, -0.1) is 0 Å². The largest absolute Gasteiger partial charge is 0.439 e. The lowest BCUT2D eigenvalue weighted by molar-refractivity contribution is -0.137. The number of benzene rings is 1. The molecule has 0 radical (unpaired) electrons. The highest BCUT2D eigenvalue weighted by Crippen LogP contribution is 2.30. The Bertz CT molecular complexity index is 1060. The molecule has 11 heteroatoms. The van der Waals surface area contributed by atoms with E-state index in [1.807, 2.05) is 0 Å². The van der Waals surface area contributed by atoms with Crippen molar-refractivity contribution in [1.29, 1.82) is 0 Å². The normalized spacial score (nSPS) is 11.9. The van der Waals surface area contributed by atoms with Crippen molar-refractivity contribution in [3.8, 4) is 17.4 Å². The fraction of sp³-hybridized carbons (Fsp3) is 0.0588. The zero-order chi connectivity index (χ0) is 20.4. The minimum Gasteiger partial charge on any atom is -0.439 e. The molecule has 0 N–H and O–H groups in total. The van der Waals surface area contributed by atoms with Crippen LogP contribution in [0.4, 0.5) is 13.2 Å². The molecule has 6 nitrogen and oxygen atoms in total. The number of halogens is 4. The van der Waals surface area contributed by atoms with E-state index in [0.717, 1.165) is 18.3 Å². The first-order valence-corrected chi connectivity index (χ1v) is 9.29. The molecule has 2 aromatic heterocycles. The van der Waals surface area contributed by atoms with E-state index < -0.39 is 21.9 Å². The van der Waals surface area contributed by atoms with Crippen LogP contribution in [0.15, 0.2) is 65.8 Å². The predicted octanol–water partition coefficient (Wildman–Crippen LogP) is 4.71. The van der Waals surface area contributed by atoms with Crippen molar-refractivity contribution in [3.63, 3.8) is 0 Å². The van der Waals surface area contributed by atoms with E-state index >= 15 is 0 Å². The van der Waals surface area contributed by atoms with Gasteiger partial charge in [-0.3, -0.25) is 0 Å². The molecule has 0 fully saturated rings. The van der Waals surface area contributed by atoms with Gasteiger partial charge in [-0.1, -0.05) is 11.6 Å². The topological polar surface area (TPSA) is 78.4 Å². The van der Waals surface area contributed by atoms with Gasteiger partial charge >= 0.3 is 16.3 Å². The summed E-state index contributed by atoms with van der Waals surface area (Å²) < 4.78 is 72.2. The zero-order valence-corrected chi connectivity index (χ0v) is 15.3. The van der Waals surface area contributed by atoms with Crippen molar-refractivity contribution < 1.29 is 30.5 Å². The Hall–Kier alpha value is -2.85. The van der Waals surface area contributed by atoms with Crippen LogP contribution in [0.1, 0.15) is 5.56 Å². The lowest BCUT2D eigenvalue weighted by atomic mass is 10.3. The van der Waals surface area contributed by atoms with Crippen LogP contribution in [0.3, 0.4) is 0 Å². The quantitative estimate of drug-likeness (QED) is 0.431. The first kappa shape index (κ1) is 19.9. The summed E-state index contributed by atoms with van der Waals surface area (Å²) in [7, 11) is -4.10. The highest BCUT2D eigenvalue weighted by molar-refractivity contribution is 7.87. The molecular weight excluding hydrogens is 421 g/mol. The van der Waals surface area contributed by atoms with Crippen LogP contribution < -0.4 is 8.92 Å². The summed E-state index contributed by atoms with van der Waals surface area (Å²) in [6.07, 6.45) is -2.78. The molecule has 0 atom stereocenters. The maximum Gasteiger partial charge on any atom is 0.417 e.